The number of nitrogens with one attached hydrogen (secondary N) is 1. The zero-order chi connectivity index (χ0) is 37.5. The van der Waals surface area contributed by atoms with Gasteiger partial charge in [0.15, 0.2) is 5.65 Å². The third kappa shape index (κ3) is 7.29. The highest BCUT2D eigenvalue weighted by molar-refractivity contribution is 5.92. The van der Waals surface area contributed by atoms with E-state index in [1.807, 2.05) is 30.5 Å². The van der Waals surface area contributed by atoms with Crippen molar-refractivity contribution in [2.45, 2.75) is 102 Å². The smallest absolute Gasteiger partial charge is 0.337 e. The Hall–Kier alpha value is -4.94. The average Bonchev–Trinajstić information content (AvgIpc) is 3.91. The highest BCUT2D eigenvalue weighted by Gasteiger charge is 2.30. The fourth-order valence-electron chi connectivity index (χ4n) is 9.44. The van der Waals surface area contributed by atoms with E-state index in [1.54, 1.807) is 0 Å². The summed E-state index contributed by atoms with van der Waals surface area (Å²) in [5.41, 5.74) is 3.25. The Kier molecular flexibility index (Phi) is 9.94. The number of hydrogen-bond donors (Lipinski definition) is 1. The molecule has 11 nitrogen and oxygen atoms in total. The second-order valence-corrected chi connectivity index (χ2v) is 16.0. The summed E-state index contributed by atoms with van der Waals surface area (Å²) in [4.78, 5) is 55.5. The maximum Gasteiger partial charge on any atom is 0.337 e. The second-order valence-electron chi connectivity index (χ2n) is 16.0. The molecule has 2 aliphatic heterocycles. The largest absolute Gasteiger partial charge is 0.348 e. The lowest BCUT2D eigenvalue weighted by Gasteiger charge is -2.38. The number of imidazole rings is 1. The topological polar surface area (TPSA) is 110 Å². The van der Waals surface area contributed by atoms with Gasteiger partial charge in [-0.1, -0.05) is 49.2 Å². The fraction of sp³-hybridized carbons (Fsp3) is 0.465. The molecule has 5 heterocycles. The summed E-state index contributed by atoms with van der Waals surface area (Å²) in [6.45, 7) is 6.28. The molecule has 0 unspecified atom stereocenters. The first-order valence-electron chi connectivity index (χ1n) is 20.2. The maximum absolute atomic E-state index is 14.6. The number of aryl methyl sites for hydroxylation is 2. The minimum absolute atomic E-state index is 0.0533. The van der Waals surface area contributed by atoms with Gasteiger partial charge >= 0.3 is 5.69 Å². The summed E-state index contributed by atoms with van der Waals surface area (Å²) >= 11 is 0. The molecule has 5 aromatic rings. The molecule has 4 aliphatic rings. The molecule has 0 spiro atoms. The van der Waals surface area contributed by atoms with Crippen molar-refractivity contribution in [3.05, 3.63) is 111 Å². The molecule has 0 bridgehead atoms. The SMILES string of the molecule is O=C(NC1CCC(n2c(=O)c3cc(F)cnc3n(-c3cccc(-c4ccc(CN5CCN(C6CCCC6)CC5)cc4)c3)c2=O)CC1)c1cn2c(n1)CCCC2. The number of aromatic nitrogens is 5. The van der Waals surface area contributed by atoms with Crippen LogP contribution in [0.1, 0.15) is 92.1 Å². The molecule has 0 radical (unpaired) electrons. The molecule has 2 aliphatic carbocycles. The molecular formula is C43H49FN8O3. The van der Waals surface area contributed by atoms with Crippen LogP contribution < -0.4 is 16.6 Å². The predicted molar refractivity (Wildman–Crippen MR) is 210 cm³/mol. The Bertz CT molecular complexity index is 2290. The first-order chi connectivity index (χ1) is 26.9. The van der Waals surface area contributed by atoms with Crippen LogP contribution in [0.3, 0.4) is 0 Å². The van der Waals surface area contributed by atoms with Crippen LogP contribution in [0.2, 0.25) is 0 Å². The number of carbonyl (C=O) groups is 1. The highest BCUT2D eigenvalue weighted by atomic mass is 19.1. The van der Waals surface area contributed by atoms with Crippen LogP contribution in [-0.2, 0) is 19.5 Å². The molecule has 55 heavy (non-hydrogen) atoms. The zero-order valence-electron chi connectivity index (χ0n) is 31.3. The average molecular weight is 745 g/mol. The molecule has 3 fully saturated rings. The van der Waals surface area contributed by atoms with E-state index in [0.717, 1.165) is 87.7 Å². The van der Waals surface area contributed by atoms with E-state index in [9.17, 15) is 18.8 Å². The van der Waals surface area contributed by atoms with Crippen LogP contribution in [-0.4, -0.2) is 77.6 Å². The molecule has 2 aromatic carbocycles. The summed E-state index contributed by atoms with van der Waals surface area (Å²) < 4.78 is 19.4. The third-order valence-corrected chi connectivity index (χ3v) is 12.5. The molecule has 1 N–H and O–H groups in total. The number of hydrogen-bond acceptors (Lipinski definition) is 7. The number of rotatable bonds is 8. The lowest BCUT2D eigenvalue weighted by Crippen LogP contribution is -2.49. The molecule has 9 rings (SSSR count). The number of halogens is 1. The van der Waals surface area contributed by atoms with Gasteiger partial charge in [-0.25, -0.2) is 23.7 Å². The van der Waals surface area contributed by atoms with Crippen molar-refractivity contribution in [2.24, 2.45) is 0 Å². The Labute approximate surface area is 319 Å². The van der Waals surface area contributed by atoms with Crippen LogP contribution in [0.15, 0.2) is 76.6 Å². The predicted octanol–water partition coefficient (Wildman–Crippen LogP) is 5.86. The molecule has 12 heteroatoms. The van der Waals surface area contributed by atoms with Crippen molar-refractivity contribution in [3.8, 4) is 16.8 Å². The van der Waals surface area contributed by atoms with Gasteiger partial charge in [-0.3, -0.25) is 24.0 Å². The van der Waals surface area contributed by atoms with E-state index in [2.05, 4.69) is 53.9 Å². The summed E-state index contributed by atoms with van der Waals surface area (Å²) in [6.07, 6.45) is 13.6. The third-order valence-electron chi connectivity index (χ3n) is 12.5. The van der Waals surface area contributed by atoms with Gasteiger partial charge in [-0.05, 0) is 86.3 Å². The molecule has 2 saturated carbocycles. The lowest BCUT2D eigenvalue weighted by molar-refractivity contribution is 0.0917. The van der Waals surface area contributed by atoms with E-state index < -0.39 is 23.1 Å². The Morgan fingerprint density at radius 3 is 2.36 bits per heavy atom. The standard InChI is InChI=1S/C43H49FN8O3/c44-32-25-37-40(45-26-32)51(43(55)52(42(37)54)35-17-15-33(16-18-35)46-41(53)38-28-50-19-4-3-10-39(50)47-38)36-9-5-6-31(24-36)30-13-11-29(12-14-30)27-48-20-22-49(23-21-48)34-7-1-2-8-34/h5-6,9,11-14,24-26,28,33-35H,1-4,7-8,10,15-23,27H2,(H,46,53). The van der Waals surface area contributed by atoms with E-state index in [-0.39, 0.29) is 23.0 Å². The summed E-state index contributed by atoms with van der Waals surface area (Å²) in [6, 6.07) is 17.7. The molecule has 3 aromatic heterocycles. The van der Waals surface area contributed by atoms with Crippen molar-refractivity contribution >= 4 is 16.9 Å². The van der Waals surface area contributed by atoms with Crippen LogP contribution >= 0.6 is 0 Å². The minimum atomic E-state index is -0.640. The Balaban J connectivity index is 0.926. The van der Waals surface area contributed by atoms with E-state index in [1.165, 1.54) is 46.4 Å². The van der Waals surface area contributed by atoms with E-state index in [0.29, 0.717) is 37.1 Å². The van der Waals surface area contributed by atoms with Gasteiger partial charge in [0.25, 0.3) is 11.5 Å². The molecule has 1 saturated heterocycles. The van der Waals surface area contributed by atoms with Gasteiger partial charge in [0.2, 0.25) is 0 Å². The van der Waals surface area contributed by atoms with E-state index >= 15 is 0 Å². The number of pyridine rings is 1. The quantitative estimate of drug-likeness (QED) is 0.212. The van der Waals surface area contributed by atoms with Crippen molar-refractivity contribution < 1.29 is 9.18 Å². The lowest BCUT2D eigenvalue weighted by atomic mass is 9.90. The zero-order valence-corrected chi connectivity index (χ0v) is 31.3. The van der Waals surface area contributed by atoms with Gasteiger partial charge in [0, 0.05) is 70.0 Å². The van der Waals surface area contributed by atoms with Crippen molar-refractivity contribution in [3.63, 3.8) is 0 Å². The van der Waals surface area contributed by atoms with Gasteiger partial charge in [0.1, 0.15) is 17.3 Å². The first-order valence-corrected chi connectivity index (χ1v) is 20.2. The van der Waals surface area contributed by atoms with Gasteiger partial charge < -0.3 is 9.88 Å². The number of carbonyl (C=O) groups excluding carboxylic acids is 1. The van der Waals surface area contributed by atoms with Gasteiger partial charge in [-0.2, -0.15) is 0 Å². The first kappa shape index (κ1) is 35.7. The second kappa shape index (κ2) is 15.3. The number of nitrogens with zero attached hydrogens (tertiary/aromatic N) is 7. The minimum Gasteiger partial charge on any atom is -0.348 e. The van der Waals surface area contributed by atoms with Crippen molar-refractivity contribution in [1.29, 1.82) is 0 Å². The van der Waals surface area contributed by atoms with Crippen LogP contribution in [0.4, 0.5) is 4.39 Å². The van der Waals surface area contributed by atoms with Gasteiger partial charge in [0.05, 0.1) is 17.3 Å². The number of benzene rings is 2. The van der Waals surface area contributed by atoms with Crippen LogP contribution in [0, 0.1) is 5.82 Å². The molecule has 0 atom stereocenters. The molecule has 1 amide bonds. The summed E-state index contributed by atoms with van der Waals surface area (Å²) in [7, 11) is 0. The molecule has 286 valence electrons. The molecular weight excluding hydrogens is 696 g/mol. The number of amides is 1. The van der Waals surface area contributed by atoms with E-state index in [4.69, 9.17) is 0 Å². The maximum atomic E-state index is 14.6. The fourth-order valence-corrected chi connectivity index (χ4v) is 9.44. The van der Waals surface area contributed by atoms with Crippen molar-refractivity contribution in [2.75, 3.05) is 26.2 Å². The number of fused-ring (bicyclic) bond motifs is 2. The van der Waals surface area contributed by atoms with Crippen LogP contribution in [0.5, 0.6) is 0 Å². The van der Waals surface area contributed by atoms with Crippen molar-refractivity contribution in [1.82, 2.24) is 38.8 Å². The monoisotopic (exact) mass is 744 g/mol. The van der Waals surface area contributed by atoms with Crippen LogP contribution in [0.25, 0.3) is 27.8 Å². The summed E-state index contributed by atoms with van der Waals surface area (Å²) in [5.74, 6) is 0.119. The number of piperazine rings is 1. The Morgan fingerprint density at radius 2 is 1.60 bits per heavy atom. The highest BCUT2D eigenvalue weighted by Crippen LogP contribution is 2.29. The van der Waals surface area contributed by atoms with Gasteiger partial charge in [-0.15, -0.1) is 0 Å². The Morgan fingerprint density at radius 1 is 0.818 bits per heavy atom. The normalized spacial score (nSPS) is 21.2. The summed E-state index contributed by atoms with van der Waals surface area (Å²) in [5, 5.41) is 3.18.